The van der Waals surface area contributed by atoms with Gasteiger partial charge in [0, 0.05) is 17.7 Å². The van der Waals surface area contributed by atoms with E-state index in [1.165, 1.54) is 7.11 Å². The molecule has 6 nitrogen and oxygen atoms in total. The first-order valence-corrected chi connectivity index (χ1v) is 8.29. The highest BCUT2D eigenvalue weighted by Gasteiger charge is 2.15. The van der Waals surface area contributed by atoms with Gasteiger partial charge < -0.3 is 15.4 Å². The third-order valence-electron chi connectivity index (χ3n) is 3.66. The van der Waals surface area contributed by atoms with Crippen LogP contribution in [0.5, 0.6) is 0 Å². The molecule has 2 N–H and O–H groups in total. The van der Waals surface area contributed by atoms with Crippen molar-refractivity contribution in [3.63, 3.8) is 0 Å². The second-order valence-corrected chi connectivity index (χ2v) is 6.17. The fraction of sp³-hybridized carbons (Fsp3) is 0.250. The molecule has 2 rings (SSSR count). The first kappa shape index (κ1) is 19.2. The van der Waals surface area contributed by atoms with Gasteiger partial charge in [0.25, 0.3) is 11.8 Å². The molecule has 0 spiro atoms. The van der Waals surface area contributed by atoms with Crippen molar-refractivity contribution in [3.05, 3.63) is 65.2 Å². The highest BCUT2D eigenvalue weighted by atomic mass is 16.5. The Bertz CT molecular complexity index is 798. The Labute approximate surface area is 152 Å². The van der Waals surface area contributed by atoms with Crippen LogP contribution >= 0.6 is 0 Å². The monoisotopic (exact) mass is 354 g/mol. The van der Waals surface area contributed by atoms with E-state index in [9.17, 15) is 14.4 Å². The molecular formula is C20H22N2O4. The topological polar surface area (TPSA) is 84.5 Å². The number of carbonyl (C=O) groups excluding carboxylic acids is 3. The van der Waals surface area contributed by atoms with E-state index in [1.807, 2.05) is 13.8 Å². The summed E-state index contributed by atoms with van der Waals surface area (Å²) in [5, 5.41) is 5.51. The maximum absolute atomic E-state index is 12.4. The molecular weight excluding hydrogens is 332 g/mol. The van der Waals surface area contributed by atoms with E-state index in [0.717, 1.165) is 0 Å². The maximum Gasteiger partial charge on any atom is 0.339 e. The van der Waals surface area contributed by atoms with E-state index in [-0.39, 0.29) is 17.4 Å². The van der Waals surface area contributed by atoms with Gasteiger partial charge in [-0.3, -0.25) is 9.59 Å². The lowest BCUT2D eigenvalue weighted by atomic mass is 10.1. The summed E-state index contributed by atoms with van der Waals surface area (Å²) < 4.78 is 4.71. The first-order chi connectivity index (χ1) is 12.4. The first-order valence-electron chi connectivity index (χ1n) is 8.29. The molecule has 0 atom stereocenters. The largest absolute Gasteiger partial charge is 0.465 e. The Hall–Kier alpha value is -3.15. The van der Waals surface area contributed by atoms with Crippen LogP contribution in [0.25, 0.3) is 0 Å². The molecule has 0 saturated carbocycles. The van der Waals surface area contributed by atoms with Gasteiger partial charge in [-0.2, -0.15) is 0 Å². The molecule has 0 fully saturated rings. The standard InChI is InChI=1S/C20H22N2O4/c1-13(2)12-21-18(23)14-8-10-15(11-9-14)19(24)22-17-7-5-4-6-16(17)20(25)26-3/h4-11,13H,12H2,1-3H3,(H,21,23)(H,22,24). The predicted octanol–water partition coefficient (Wildman–Crippen LogP) is 3.11. The molecule has 0 saturated heterocycles. The second-order valence-electron chi connectivity index (χ2n) is 6.17. The molecule has 136 valence electrons. The molecule has 0 heterocycles. The molecule has 2 amide bonds. The van der Waals surface area contributed by atoms with Gasteiger partial charge in [0.05, 0.1) is 18.4 Å². The van der Waals surface area contributed by atoms with Crippen molar-refractivity contribution in [2.45, 2.75) is 13.8 Å². The van der Waals surface area contributed by atoms with Crippen molar-refractivity contribution in [2.75, 3.05) is 19.0 Å². The summed E-state index contributed by atoms with van der Waals surface area (Å²) in [5.74, 6) is -0.728. The molecule has 6 heteroatoms. The normalized spacial score (nSPS) is 10.3. The zero-order valence-corrected chi connectivity index (χ0v) is 15.0. The van der Waals surface area contributed by atoms with Crippen LogP contribution in [0.2, 0.25) is 0 Å². The van der Waals surface area contributed by atoms with E-state index in [0.29, 0.717) is 29.3 Å². The van der Waals surface area contributed by atoms with Crippen molar-refractivity contribution in [2.24, 2.45) is 5.92 Å². The Kier molecular flexibility index (Phi) is 6.49. The van der Waals surface area contributed by atoms with Crippen LogP contribution in [-0.4, -0.2) is 31.4 Å². The lowest BCUT2D eigenvalue weighted by Gasteiger charge is -2.10. The Morgan fingerprint density at radius 1 is 0.923 bits per heavy atom. The van der Waals surface area contributed by atoms with Crippen LogP contribution in [0.3, 0.4) is 0 Å². The highest BCUT2D eigenvalue weighted by molar-refractivity contribution is 6.08. The molecule has 0 radical (unpaired) electrons. The number of carbonyl (C=O) groups is 3. The SMILES string of the molecule is COC(=O)c1ccccc1NC(=O)c1ccc(C(=O)NCC(C)C)cc1. The second kappa shape index (κ2) is 8.80. The summed E-state index contributed by atoms with van der Waals surface area (Å²) >= 11 is 0. The summed E-state index contributed by atoms with van der Waals surface area (Å²) in [6.45, 7) is 4.62. The molecule has 0 aromatic heterocycles. The summed E-state index contributed by atoms with van der Waals surface area (Å²) in [6, 6.07) is 12.9. The van der Waals surface area contributed by atoms with Crippen molar-refractivity contribution in [3.8, 4) is 0 Å². The van der Waals surface area contributed by atoms with Crippen LogP contribution in [0, 0.1) is 5.92 Å². The molecule has 2 aromatic rings. The third-order valence-corrected chi connectivity index (χ3v) is 3.66. The van der Waals surface area contributed by atoms with Crippen molar-refractivity contribution in [1.29, 1.82) is 0 Å². The number of methoxy groups -OCH3 is 1. The van der Waals surface area contributed by atoms with Crippen LogP contribution in [0.1, 0.15) is 44.9 Å². The fourth-order valence-electron chi connectivity index (χ4n) is 2.25. The molecule has 0 unspecified atom stereocenters. The molecule has 0 aliphatic carbocycles. The fourth-order valence-corrected chi connectivity index (χ4v) is 2.25. The van der Waals surface area contributed by atoms with Gasteiger partial charge in [0.1, 0.15) is 0 Å². The van der Waals surface area contributed by atoms with Crippen molar-refractivity contribution in [1.82, 2.24) is 5.32 Å². The minimum Gasteiger partial charge on any atom is -0.465 e. The van der Waals surface area contributed by atoms with E-state index in [1.54, 1.807) is 48.5 Å². The number of ether oxygens (including phenoxy) is 1. The summed E-state index contributed by atoms with van der Waals surface area (Å²) in [4.78, 5) is 36.2. The minimum absolute atomic E-state index is 0.179. The van der Waals surface area contributed by atoms with Crippen LogP contribution in [-0.2, 0) is 4.74 Å². The van der Waals surface area contributed by atoms with Crippen LogP contribution < -0.4 is 10.6 Å². The predicted molar refractivity (Wildman–Crippen MR) is 99.3 cm³/mol. The zero-order valence-electron chi connectivity index (χ0n) is 15.0. The van der Waals surface area contributed by atoms with E-state index < -0.39 is 5.97 Å². The van der Waals surface area contributed by atoms with Gasteiger partial charge >= 0.3 is 5.97 Å². The smallest absolute Gasteiger partial charge is 0.339 e. The van der Waals surface area contributed by atoms with E-state index in [2.05, 4.69) is 10.6 Å². The van der Waals surface area contributed by atoms with Crippen LogP contribution in [0.15, 0.2) is 48.5 Å². The summed E-state index contributed by atoms with van der Waals surface area (Å²) in [6.07, 6.45) is 0. The number of rotatable bonds is 6. The highest BCUT2D eigenvalue weighted by Crippen LogP contribution is 2.17. The number of nitrogens with one attached hydrogen (secondary N) is 2. The lowest BCUT2D eigenvalue weighted by Crippen LogP contribution is -2.27. The summed E-state index contributed by atoms with van der Waals surface area (Å²) in [7, 11) is 1.28. The van der Waals surface area contributed by atoms with Crippen LogP contribution in [0.4, 0.5) is 5.69 Å². The Morgan fingerprint density at radius 2 is 1.50 bits per heavy atom. The molecule has 26 heavy (non-hydrogen) atoms. The van der Waals surface area contributed by atoms with Gasteiger partial charge in [-0.25, -0.2) is 4.79 Å². The number of benzene rings is 2. The van der Waals surface area contributed by atoms with Gasteiger partial charge in [-0.1, -0.05) is 26.0 Å². The number of anilines is 1. The molecule has 2 aromatic carbocycles. The maximum atomic E-state index is 12.4. The third kappa shape index (κ3) is 4.92. The quantitative estimate of drug-likeness (QED) is 0.781. The van der Waals surface area contributed by atoms with Gasteiger partial charge in [0.15, 0.2) is 0 Å². The number of esters is 1. The summed E-state index contributed by atoms with van der Waals surface area (Å²) in [5.41, 5.74) is 1.50. The Balaban J connectivity index is 2.09. The molecule has 0 bridgehead atoms. The molecule has 0 aliphatic rings. The van der Waals surface area contributed by atoms with E-state index in [4.69, 9.17) is 4.74 Å². The average molecular weight is 354 g/mol. The number of hydrogen-bond acceptors (Lipinski definition) is 4. The number of hydrogen-bond donors (Lipinski definition) is 2. The lowest BCUT2D eigenvalue weighted by molar-refractivity contribution is 0.0601. The Morgan fingerprint density at radius 3 is 2.08 bits per heavy atom. The minimum atomic E-state index is -0.530. The van der Waals surface area contributed by atoms with Crippen molar-refractivity contribution < 1.29 is 19.1 Å². The zero-order chi connectivity index (χ0) is 19.1. The average Bonchev–Trinajstić information content (AvgIpc) is 2.66. The van der Waals surface area contributed by atoms with Gasteiger partial charge in [0.2, 0.25) is 0 Å². The van der Waals surface area contributed by atoms with Gasteiger partial charge in [-0.05, 0) is 42.3 Å². The molecule has 0 aliphatic heterocycles. The number of para-hydroxylation sites is 1. The van der Waals surface area contributed by atoms with Crippen molar-refractivity contribution >= 4 is 23.5 Å². The van der Waals surface area contributed by atoms with E-state index >= 15 is 0 Å². The van der Waals surface area contributed by atoms with Gasteiger partial charge in [-0.15, -0.1) is 0 Å². The number of amides is 2.